The van der Waals surface area contributed by atoms with Crippen LogP contribution in [0.2, 0.25) is 0 Å². The highest BCUT2D eigenvalue weighted by atomic mass is 32.1. The number of benzene rings is 2. The molecule has 0 radical (unpaired) electrons. The molecule has 5 rings (SSSR count). The lowest BCUT2D eigenvalue weighted by atomic mass is 10.0. The van der Waals surface area contributed by atoms with E-state index < -0.39 is 18.0 Å². The number of carbonyl (C=O) groups is 2. The van der Waals surface area contributed by atoms with Gasteiger partial charge in [0, 0.05) is 17.4 Å². The number of carboxylic acid groups (broad SMARTS) is 2. The second kappa shape index (κ2) is 9.27. The molecule has 0 saturated carbocycles. The standard InChI is InChI=1S/C27H21N3O5S/c1-15-5-4-6-19(11-15)30-24(23(29-27(30)36)20-7-2-3-10-28-20)22-9-8-21(35-22)16-12-17(25(31)32)14-18(13-16)26(33)34/h2-14,23-24H,1H3,(H,29,36)(H,31,32)(H,33,34)/t23-,24+/m1/s1. The first-order valence-electron chi connectivity index (χ1n) is 11.1. The molecule has 0 unspecified atom stereocenters. The van der Waals surface area contributed by atoms with Crippen molar-refractivity contribution in [2.45, 2.75) is 19.0 Å². The molecule has 9 heteroatoms. The van der Waals surface area contributed by atoms with Crippen molar-refractivity contribution in [1.29, 1.82) is 0 Å². The lowest BCUT2D eigenvalue weighted by molar-refractivity contribution is 0.0696. The molecule has 0 spiro atoms. The van der Waals surface area contributed by atoms with Crippen LogP contribution in [0.25, 0.3) is 11.3 Å². The molecule has 1 aliphatic heterocycles. The second-order valence-corrected chi connectivity index (χ2v) is 8.83. The Bertz CT molecular complexity index is 1450. The Morgan fingerprint density at radius 1 is 0.972 bits per heavy atom. The number of pyridine rings is 1. The first-order chi connectivity index (χ1) is 17.3. The Balaban J connectivity index is 1.62. The van der Waals surface area contributed by atoms with E-state index in [-0.39, 0.29) is 17.2 Å². The monoisotopic (exact) mass is 499 g/mol. The van der Waals surface area contributed by atoms with E-state index in [4.69, 9.17) is 16.6 Å². The van der Waals surface area contributed by atoms with Crippen molar-refractivity contribution in [2.75, 3.05) is 4.90 Å². The fourth-order valence-corrected chi connectivity index (χ4v) is 4.73. The molecule has 0 amide bonds. The Morgan fingerprint density at radius 2 is 1.72 bits per heavy atom. The molecular weight excluding hydrogens is 478 g/mol. The van der Waals surface area contributed by atoms with E-state index in [2.05, 4.69) is 10.3 Å². The zero-order valence-electron chi connectivity index (χ0n) is 19.1. The molecule has 4 aromatic rings. The van der Waals surface area contributed by atoms with Crippen molar-refractivity contribution in [1.82, 2.24) is 10.3 Å². The van der Waals surface area contributed by atoms with Gasteiger partial charge >= 0.3 is 11.9 Å². The largest absolute Gasteiger partial charge is 0.478 e. The van der Waals surface area contributed by atoms with E-state index in [1.807, 2.05) is 54.3 Å². The highest BCUT2D eigenvalue weighted by Crippen LogP contribution is 2.43. The summed E-state index contributed by atoms with van der Waals surface area (Å²) in [6, 6.07) is 20.3. The number of anilines is 1. The summed E-state index contributed by atoms with van der Waals surface area (Å²) in [5.74, 6) is -1.54. The number of thiocarbonyl (C=S) groups is 1. The summed E-state index contributed by atoms with van der Waals surface area (Å²) >= 11 is 5.73. The van der Waals surface area contributed by atoms with Crippen LogP contribution in [-0.4, -0.2) is 32.2 Å². The van der Waals surface area contributed by atoms with Gasteiger partial charge in [-0.2, -0.15) is 0 Å². The number of nitrogens with zero attached hydrogens (tertiary/aromatic N) is 2. The van der Waals surface area contributed by atoms with Crippen molar-refractivity contribution < 1.29 is 24.2 Å². The van der Waals surface area contributed by atoms with E-state index in [9.17, 15) is 19.8 Å². The van der Waals surface area contributed by atoms with Gasteiger partial charge in [0.25, 0.3) is 0 Å². The average Bonchev–Trinajstić information content (AvgIpc) is 3.49. The van der Waals surface area contributed by atoms with Gasteiger partial charge in [0.05, 0.1) is 22.9 Å². The molecule has 2 aromatic carbocycles. The predicted octanol–water partition coefficient (Wildman–Crippen LogP) is 5.22. The minimum atomic E-state index is -1.22. The van der Waals surface area contributed by atoms with Crippen LogP contribution in [0.3, 0.4) is 0 Å². The topological polar surface area (TPSA) is 116 Å². The van der Waals surface area contributed by atoms with Gasteiger partial charge < -0.3 is 24.8 Å². The number of nitrogens with one attached hydrogen (secondary N) is 1. The molecule has 1 aliphatic rings. The number of carboxylic acids is 2. The summed E-state index contributed by atoms with van der Waals surface area (Å²) in [7, 11) is 0. The third-order valence-corrected chi connectivity index (χ3v) is 6.32. The molecule has 3 heterocycles. The number of aryl methyl sites for hydroxylation is 1. The van der Waals surface area contributed by atoms with Gasteiger partial charge in [-0.3, -0.25) is 4.98 Å². The van der Waals surface area contributed by atoms with Crippen LogP contribution in [0.1, 0.15) is 49.8 Å². The quantitative estimate of drug-likeness (QED) is 0.307. The van der Waals surface area contributed by atoms with Crippen molar-refractivity contribution >= 4 is 35.0 Å². The van der Waals surface area contributed by atoms with Crippen LogP contribution in [0.15, 0.2) is 83.4 Å². The lowest BCUT2D eigenvalue weighted by Gasteiger charge is -2.26. The minimum absolute atomic E-state index is 0.140. The first kappa shape index (κ1) is 23.3. The maximum absolute atomic E-state index is 11.6. The highest BCUT2D eigenvalue weighted by Gasteiger charge is 2.42. The summed E-state index contributed by atoms with van der Waals surface area (Å²) in [5.41, 5.74) is 2.80. The Labute approximate surface area is 211 Å². The van der Waals surface area contributed by atoms with Crippen LogP contribution in [0.5, 0.6) is 0 Å². The van der Waals surface area contributed by atoms with Crippen molar-refractivity contribution in [2.24, 2.45) is 0 Å². The van der Waals surface area contributed by atoms with Gasteiger partial charge in [-0.25, -0.2) is 9.59 Å². The van der Waals surface area contributed by atoms with Crippen LogP contribution in [-0.2, 0) is 0 Å². The molecule has 1 fully saturated rings. The maximum Gasteiger partial charge on any atom is 0.335 e. The molecule has 1 saturated heterocycles. The molecule has 2 aromatic heterocycles. The molecule has 0 bridgehead atoms. The summed E-state index contributed by atoms with van der Waals surface area (Å²) in [6.45, 7) is 2.00. The Kier molecular flexibility index (Phi) is 5.99. The zero-order valence-corrected chi connectivity index (χ0v) is 19.9. The number of aromatic nitrogens is 1. The Hall–Kier alpha value is -4.50. The fourth-order valence-electron chi connectivity index (χ4n) is 4.38. The summed E-state index contributed by atoms with van der Waals surface area (Å²) in [6.07, 6.45) is 1.71. The smallest absolute Gasteiger partial charge is 0.335 e. The predicted molar refractivity (Wildman–Crippen MR) is 137 cm³/mol. The summed E-state index contributed by atoms with van der Waals surface area (Å²) < 4.78 is 6.25. The SMILES string of the molecule is Cc1cccc(N2C(=S)N[C@H](c3ccccn3)[C@@H]2c2ccc(-c3cc(C(=O)O)cc(C(=O)O)c3)o2)c1. The van der Waals surface area contributed by atoms with Gasteiger partial charge in [0.15, 0.2) is 5.11 Å². The molecular formula is C27H21N3O5S. The van der Waals surface area contributed by atoms with Gasteiger partial charge in [-0.1, -0.05) is 18.2 Å². The molecule has 180 valence electrons. The van der Waals surface area contributed by atoms with Crippen LogP contribution in [0, 0.1) is 6.92 Å². The lowest BCUT2D eigenvalue weighted by Crippen LogP contribution is -2.29. The first-order valence-corrected chi connectivity index (χ1v) is 11.5. The van der Waals surface area contributed by atoms with Crippen LogP contribution in [0.4, 0.5) is 5.69 Å². The van der Waals surface area contributed by atoms with Crippen LogP contribution >= 0.6 is 12.2 Å². The molecule has 36 heavy (non-hydrogen) atoms. The van der Waals surface area contributed by atoms with E-state index in [0.29, 0.717) is 22.2 Å². The van der Waals surface area contributed by atoms with E-state index in [1.54, 1.807) is 18.3 Å². The number of hydrogen-bond donors (Lipinski definition) is 3. The van der Waals surface area contributed by atoms with Gasteiger partial charge in [-0.05, 0) is 79.3 Å². The average molecular weight is 500 g/mol. The maximum atomic E-state index is 11.6. The van der Waals surface area contributed by atoms with Crippen molar-refractivity contribution in [3.05, 3.63) is 107 Å². The normalized spacial score (nSPS) is 17.1. The second-order valence-electron chi connectivity index (χ2n) is 8.45. The third kappa shape index (κ3) is 4.32. The molecule has 2 atom stereocenters. The van der Waals surface area contributed by atoms with Crippen molar-refractivity contribution in [3.63, 3.8) is 0 Å². The molecule has 0 aliphatic carbocycles. The number of furan rings is 1. The summed E-state index contributed by atoms with van der Waals surface area (Å²) in [5, 5.41) is 22.8. The number of hydrogen-bond acceptors (Lipinski definition) is 5. The van der Waals surface area contributed by atoms with Gasteiger partial charge in [0.1, 0.15) is 17.6 Å². The molecule has 3 N–H and O–H groups in total. The fraction of sp³-hybridized carbons (Fsp3) is 0.111. The van der Waals surface area contributed by atoms with Gasteiger partial charge in [0.2, 0.25) is 0 Å². The van der Waals surface area contributed by atoms with Gasteiger partial charge in [-0.15, -0.1) is 0 Å². The van der Waals surface area contributed by atoms with E-state index in [1.165, 1.54) is 12.1 Å². The number of rotatable bonds is 6. The molecule has 8 nitrogen and oxygen atoms in total. The minimum Gasteiger partial charge on any atom is -0.478 e. The number of aromatic carboxylic acids is 2. The summed E-state index contributed by atoms with van der Waals surface area (Å²) in [4.78, 5) is 29.6. The van der Waals surface area contributed by atoms with Crippen LogP contribution < -0.4 is 10.2 Å². The van der Waals surface area contributed by atoms with E-state index in [0.717, 1.165) is 23.0 Å². The third-order valence-electron chi connectivity index (χ3n) is 6.01. The zero-order chi connectivity index (χ0) is 25.4. The van der Waals surface area contributed by atoms with Crippen molar-refractivity contribution in [3.8, 4) is 11.3 Å². The highest BCUT2D eigenvalue weighted by molar-refractivity contribution is 7.80. The Morgan fingerprint density at radius 3 is 2.36 bits per heavy atom. The van der Waals surface area contributed by atoms with E-state index >= 15 is 0 Å².